The van der Waals surface area contributed by atoms with E-state index in [1.165, 1.54) is 0 Å². The first kappa shape index (κ1) is 11.9. The summed E-state index contributed by atoms with van der Waals surface area (Å²) in [5.41, 5.74) is 0.864. The summed E-state index contributed by atoms with van der Waals surface area (Å²) in [5.74, 6) is 0.618. The van der Waals surface area contributed by atoms with Gasteiger partial charge >= 0.3 is 0 Å². The van der Waals surface area contributed by atoms with Gasteiger partial charge in [0.05, 0.1) is 6.10 Å². The Morgan fingerprint density at radius 2 is 2.00 bits per heavy atom. The van der Waals surface area contributed by atoms with Crippen molar-refractivity contribution < 1.29 is 5.11 Å². The lowest BCUT2D eigenvalue weighted by atomic mass is 9.90. The molecule has 0 amide bonds. The number of hydrogen-bond acceptors (Lipinski definition) is 2. The summed E-state index contributed by atoms with van der Waals surface area (Å²) in [4.78, 5) is 0. The van der Waals surface area contributed by atoms with Gasteiger partial charge in [0, 0.05) is 5.02 Å². The van der Waals surface area contributed by atoms with Crippen molar-refractivity contribution in [3.05, 3.63) is 34.9 Å². The van der Waals surface area contributed by atoms with E-state index in [4.69, 9.17) is 11.6 Å². The Labute approximate surface area is 102 Å². The van der Waals surface area contributed by atoms with E-state index < -0.39 is 6.10 Å². The van der Waals surface area contributed by atoms with Gasteiger partial charge in [0.1, 0.15) is 0 Å². The lowest BCUT2D eigenvalue weighted by Gasteiger charge is -2.25. The maximum absolute atomic E-state index is 10.1. The molecule has 1 aliphatic heterocycles. The molecule has 0 spiro atoms. The normalized spacial score (nSPS) is 19.6. The Hall–Kier alpha value is -0.570. The first-order chi connectivity index (χ1) is 7.77. The molecule has 0 radical (unpaired) electrons. The van der Waals surface area contributed by atoms with Gasteiger partial charge in [-0.15, -0.1) is 0 Å². The standard InChI is InChI=1S/C13H18ClNO/c14-12-4-2-1-3-11(12)13(16)9-10-5-7-15-8-6-10/h1-4,10,13,15-16H,5-9H2. The van der Waals surface area contributed by atoms with Crippen LogP contribution >= 0.6 is 11.6 Å². The summed E-state index contributed by atoms with van der Waals surface area (Å²) >= 11 is 6.06. The smallest absolute Gasteiger partial charge is 0.0807 e. The Bertz CT molecular complexity index is 336. The molecule has 0 aromatic heterocycles. The van der Waals surface area contributed by atoms with Crippen LogP contribution in [-0.4, -0.2) is 18.2 Å². The lowest BCUT2D eigenvalue weighted by molar-refractivity contribution is 0.134. The number of aliphatic hydroxyl groups excluding tert-OH is 1. The average molecular weight is 240 g/mol. The summed E-state index contributed by atoms with van der Waals surface area (Å²) in [6.07, 6.45) is 2.71. The minimum absolute atomic E-state index is 0.420. The number of halogens is 1. The van der Waals surface area contributed by atoms with Crippen molar-refractivity contribution in [1.82, 2.24) is 5.32 Å². The van der Waals surface area contributed by atoms with E-state index in [-0.39, 0.29) is 0 Å². The Morgan fingerprint density at radius 1 is 1.31 bits per heavy atom. The molecular formula is C13H18ClNO. The highest BCUT2D eigenvalue weighted by Crippen LogP contribution is 2.30. The summed E-state index contributed by atoms with van der Waals surface area (Å²) in [6, 6.07) is 7.56. The maximum Gasteiger partial charge on any atom is 0.0807 e. The Morgan fingerprint density at radius 3 is 2.69 bits per heavy atom. The van der Waals surface area contributed by atoms with E-state index in [1.54, 1.807) is 0 Å². The molecular weight excluding hydrogens is 222 g/mol. The Balaban J connectivity index is 1.96. The van der Waals surface area contributed by atoms with E-state index in [0.717, 1.165) is 37.9 Å². The van der Waals surface area contributed by atoms with E-state index in [0.29, 0.717) is 10.9 Å². The molecule has 1 saturated heterocycles. The van der Waals surface area contributed by atoms with Gasteiger partial charge in [0.2, 0.25) is 0 Å². The molecule has 1 aromatic rings. The molecule has 1 fully saturated rings. The number of benzene rings is 1. The first-order valence-corrected chi connectivity index (χ1v) is 6.28. The third kappa shape index (κ3) is 2.97. The van der Waals surface area contributed by atoms with Crippen LogP contribution in [0.15, 0.2) is 24.3 Å². The fraction of sp³-hybridized carbons (Fsp3) is 0.538. The topological polar surface area (TPSA) is 32.3 Å². The van der Waals surface area contributed by atoms with Crippen molar-refractivity contribution >= 4 is 11.6 Å². The quantitative estimate of drug-likeness (QED) is 0.850. The van der Waals surface area contributed by atoms with E-state index >= 15 is 0 Å². The molecule has 0 aliphatic carbocycles. The van der Waals surface area contributed by atoms with Crippen molar-refractivity contribution in [2.45, 2.75) is 25.4 Å². The largest absolute Gasteiger partial charge is 0.388 e. The zero-order chi connectivity index (χ0) is 11.4. The van der Waals surface area contributed by atoms with Gasteiger partial charge in [-0.05, 0) is 49.9 Å². The molecule has 2 rings (SSSR count). The summed E-state index contributed by atoms with van der Waals surface area (Å²) in [5, 5.41) is 14.2. The number of rotatable bonds is 3. The van der Waals surface area contributed by atoms with Crippen LogP contribution < -0.4 is 5.32 Å². The number of piperidine rings is 1. The molecule has 1 aliphatic rings. The van der Waals surface area contributed by atoms with Crippen LogP contribution in [-0.2, 0) is 0 Å². The highest BCUT2D eigenvalue weighted by molar-refractivity contribution is 6.31. The average Bonchev–Trinajstić information content (AvgIpc) is 2.31. The summed E-state index contributed by atoms with van der Waals surface area (Å²) in [7, 11) is 0. The predicted octanol–water partition coefficient (Wildman–Crippen LogP) is 2.76. The van der Waals surface area contributed by atoms with Crippen LogP contribution in [0.2, 0.25) is 5.02 Å². The van der Waals surface area contributed by atoms with Crippen LogP contribution in [0, 0.1) is 5.92 Å². The van der Waals surface area contributed by atoms with Crippen molar-refractivity contribution in [2.75, 3.05) is 13.1 Å². The van der Waals surface area contributed by atoms with Crippen LogP contribution in [0.1, 0.15) is 30.9 Å². The molecule has 1 aromatic carbocycles. The van der Waals surface area contributed by atoms with E-state index in [9.17, 15) is 5.11 Å². The van der Waals surface area contributed by atoms with E-state index in [1.807, 2.05) is 24.3 Å². The van der Waals surface area contributed by atoms with Crippen molar-refractivity contribution in [2.24, 2.45) is 5.92 Å². The van der Waals surface area contributed by atoms with Crippen molar-refractivity contribution in [3.8, 4) is 0 Å². The number of hydrogen-bond donors (Lipinski definition) is 2. The van der Waals surface area contributed by atoms with Crippen molar-refractivity contribution in [3.63, 3.8) is 0 Å². The second-order valence-electron chi connectivity index (χ2n) is 4.47. The highest BCUT2D eigenvalue weighted by atomic mass is 35.5. The monoisotopic (exact) mass is 239 g/mol. The SMILES string of the molecule is OC(CC1CCNCC1)c1ccccc1Cl. The van der Waals surface area contributed by atoms with E-state index in [2.05, 4.69) is 5.32 Å². The van der Waals surface area contributed by atoms with Gasteiger partial charge in [0.15, 0.2) is 0 Å². The van der Waals surface area contributed by atoms with Crippen molar-refractivity contribution in [1.29, 1.82) is 0 Å². The van der Waals surface area contributed by atoms with Gasteiger partial charge in [-0.2, -0.15) is 0 Å². The van der Waals surface area contributed by atoms with Gasteiger partial charge in [-0.3, -0.25) is 0 Å². The fourth-order valence-corrected chi connectivity index (χ4v) is 2.57. The minimum Gasteiger partial charge on any atom is -0.388 e. The lowest BCUT2D eigenvalue weighted by Crippen LogP contribution is -2.28. The third-order valence-electron chi connectivity index (χ3n) is 3.28. The highest BCUT2D eigenvalue weighted by Gasteiger charge is 2.19. The third-order valence-corrected chi connectivity index (χ3v) is 3.62. The first-order valence-electron chi connectivity index (χ1n) is 5.90. The molecule has 1 unspecified atom stereocenters. The van der Waals surface area contributed by atoms with Crippen LogP contribution in [0.4, 0.5) is 0 Å². The van der Waals surface area contributed by atoms with Gasteiger partial charge < -0.3 is 10.4 Å². The molecule has 16 heavy (non-hydrogen) atoms. The summed E-state index contributed by atoms with van der Waals surface area (Å²) < 4.78 is 0. The zero-order valence-corrected chi connectivity index (χ0v) is 10.1. The number of nitrogens with one attached hydrogen (secondary N) is 1. The second kappa shape index (κ2) is 5.67. The molecule has 0 bridgehead atoms. The fourth-order valence-electron chi connectivity index (χ4n) is 2.31. The zero-order valence-electron chi connectivity index (χ0n) is 9.32. The van der Waals surface area contributed by atoms with Crippen LogP contribution in [0.3, 0.4) is 0 Å². The number of aliphatic hydroxyl groups is 1. The second-order valence-corrected chi connectivity index (χ2v) is 4.87. The predicted molar refractivity (Wildman–Crippen MR) is 66.6 cm³/mol. The molecule has 0 saturated carbocycles. The Kier molecular flexibility index (Phi) is 4.22. The molecule has 1 atom stereocenters. The minimum atomic E-state index is -0.420. The summed E-state index contributed by atoms with van der Waals surface area (Å²) in [6.45, 7) is 2.14. The molecule has 2 N–H and O–H groups in total. The van der Waals surface area contributed by atoms with Gasteiger partial charge in [-0.1, -0.05) is 29.8 Å². The molecule has 3 heteroatoms. The van der Waals surface area contributed by atoms with Crippen LogP contribution in [0.25, 0.3) is 0 Å². The molecule has 2 nitrogen and oxygen atoms in total. The molecule has 1 heterocycles. The van der Waals surface area contributed by atoms with Gasteiger partial charge in [-0.25, -0.2) is 0 Å². The van der Waals surface area contributed by atoms with Crippen LogP contribution in [0.5, 0.6) is 0 Å². The maximum atomic E-state index is 10.1. The molecule has 88 valence electrons. The van der Waals surface area contributed by atoms with Gasteiger partial charge in [0.25, 0.3) is 0 Å².